The molecule has 0 aromatic heterocycles. The standard InChI is InChI=1S/C9H8BrFO3S/c1-5(12)6-3-7(10)9(8(11)4-6)15(2,13)14/h3-4H,1-2H3. The molecular formula is C9H8BrFO3S. The van der Waals surface area contributed by atoms with Gasteiger partial charge in [0.2, 0.25) is 0 Å². The Morgan fingerprint density at radius 2 is 1.93 bits per heavy atom. The fourth-order valence-electron chi connectivity index (χ4n) is 1.12. The van der Waals surface area contributed by atoms with Crippen LogP contribution in [-0.2, 0) is 9.84 Å². The lowest BCUT2D eigenvalue weighted by atomic mass is 10.1. The van der Waals surface area contributed by atoms with Crippen LogP contribution in [0.25, 0.3) is 0 Å². The Morgan fingerprint density at radius 3 is 2.27 bits per heavy atom. The van der Waals surface area contributed by atoms with E-state index in [9.17, 15) is 17.6 Å². The summed E-state index contributed by atoms with van der Waals surface area (Å²) in [6.45, 7) is 1.28. The van der Waals surface area contributed by atoms with Crippen LogP contribution >= 0.6 is 15.9 Å². The van der Waals surface area contributed by atoms with Crippen molar-refractivity contribution in [3.8, 4) is 0 Å². The number of halogens is 2. The molecule has 82 valence electrons. The third-order valence-corrected chi connectivity index (χ3v) is 3.82. The third-order valence-electron chi connectivity index (χ3n) is 1.78. The van der Waals surface area contributed by atoms with Gasteiger partial charge in [0.05, 0.1) is 0 Å². The van der Waals surface area contributed by atoms with E-state index in [-0.39, 0.29) is 15.8 Å². The van der Waals surface area contributed by atoms with Crippen LogP contribution in [0.15, 0.2) is 21.5 Å². The lowest BCUT2D eigenvalue weighted by Crippen LogP contribution is -2.04. The van der Waals surface area contributed by atoms with E-state index in [1.165, 1.54) is 13.0 Å². The van der Waals surface area contributed by atoms with Crippen LogP contribution in [0.5, 0.6) is 0 Å². The second-order valence-electron chi connectivity index (χ2n) is 3.10. The number of carbonyl (C=O) groups is 1. The first kappa shape index (κ1) is 12.3. The quantitative estimate of drug-likeness (QED) is 0.786. The lowest BCUT2D eigenvalue weighted by molar-refractivity contribution is 0.101. The number of sulfone groups is 1. The first-order valence-electron chi connectivity index (χ1n) is 3.93. The van der Waals surface area contributed by atoms with Crippen molar-refractivity contribution in [2.24, 2.45) is 0 Å². The van der Waals surface area contributed by atoms with E-state index in [1.54, 1.807) is 0 Å². The topological polar surface area (TPSA) is 51.2 Å². The molecule has 0 amide bonds. The van der Waals surface area contributed by atoms with Crippen molar-refractivity contribution >= 4 is 31.6 Å². The molecule has 1 rings (SSSR count). The Kier molecular flexibility index (Phi) is 3.30. The highest BCUT2D eigenvalue weighted by Gasteiger charge is 2.19. The molecule has 0 saturated carbocycles. The van der Waals surface area contributed by atoms with Gasteiger partial charge in [-0.2, -0.15) is 0 Å². The molecule has 1 aromatic carbocycles. The Hall–Kier alpha value is -0.750. The average Bonchev–Trinajstić information content (AvgIpc) is 1.99. The summed E-state index contributed by atoms with van der Waals surface area (Å²) in [7, 11) is -3.64. The van der Waals surface area contributed by atoms with Crippen molar-refractivity contribution in [2.75, 3.05) is 6.26 Å². The van der Waals surface area contributed by atoms with E-state index < -0.39 is 20.5 Å². The molecular weight excluding hydrogens is 287 g/mol. The van der Waals surface area contributed by atoms with E-state index in [2.05, 4.69) is 15.9 Å². The first-order valence-corrected chi connectivity index (χ1v) is 6.62. The molecule has 0 radical (unpaired) electrons. The zero-order chi connectivity index (χ0) is 11.8. The lowest BCUT2D eigenvalue weighted by Gasteiger charge is -2.05. The summed E-state index contributed by atoms with van der Waals surface area (Å²) in [5, 5.41) is 0. The number of Topliss-reactive ketones (excluding diaryl/α,β-unsaturated/α-hetero) is 1. The van der Waals surface area contributed by atoms with Crippen LogP contribution in [0.2, 0.25) is 0 Å². The van der Waals surface area contributed by atoms with Crippen molar-refractivity contribution in [2.45, 2.75) is 11.8 Å². The summed E-state index contributed by atoms with van der Waals surface area (Å²) in [4.78, 5) is 10.6. The van der Waals surface area contributed by atoms with Gasteiger partial charge in [-0.25, -0.2) is 12.8 Å². The summed E-state index contributed by atoms with van der Waals surface area (Å²) < 4.78 is 35.9. The van der Waals surface area contributed by atoms with Gasteiger partial charge in [-0.1, -0.05) is 0 Å². The molecule has 0 atom stereocenters. The Morgan fingerprint density at radius 1 is 1.40 bits per heavy atom. The van der Waals surface area contributed by atoms with E-state index in [0.29, 0.717) is 0 Å². The predicted octanol–water partition coefficient (Wildman–Crippen LogP) is 2.19. The van der Waals surface area contributed by atoms with Gasteiger partial charge in [-0.15, -0.1) is 0 Å². The molecule has 0 N–H and O–H groups in total. The van der Waals surface area contributed by atoms with Crippen LogP contribution in [0.3, 0.4) is 0 Å². The van der Waals surface area contributed by atoms with E-state index >= 15 is 0 Å². The smallest absolute Gasteiger partial charge is 0.179 e. The molecule has 3 nitrogen and oxygen atoms in total. The van der Waals surface area contributed by atoms with Crippen molar-refractivity contribution in [3.63, 3.8) is 0 Å². The van der Waals surface area contributed by atoms with E-state index in [4.69, 9.17) is 0 Å². The molecule has 0 heterocycles. The monoisotopic (exact) mass is 294 g/mol. The number of carbonyl (C=O) groups excluding carboxylic acids is 1. The minimum absolute atomic E-state index is 0.0650. The van der Waals surface area contributed by atoms with E-state index in [1.807, 2.05) is 0 Å². The summed E-state index contributed by atoms with van der Waals surface area (Å²) in [6, 6.07) is 2.21. The normalized spacial score (nSPS) is 11.5. The molecule has 0 aliphatic carbocycles. The fraction of sp³-hybridized carbons (Fsp3) is 0.222. The predicted molar refractivity (Wildman–Crippen MR) is 57.2 cm³/mol. The number of benzene rings is 1. The third kappa shape index (κ3) is 2.63. The summed E-state index contributed by atoms with van der Waals surface area (Å²) in [6.07, 6.45) is 0.906. The summed E-state index contributed by atoms with van der Waals surface area (Å²) in [5.41, 5.74) is 0.131. The SMILES string of the molecule is CC(=O)c1cc(F)c(S(C)(=O)=O)c(Br)c1. The number of rotatable bonds is 2. The van der Waals surface area contributed by atoms with Crippen LogP contribution in [0.1, 0.15) is 17.3 Å². The second kappa shape index (κ2) is 4.02. The van der Waals surface area contributed by atoms with Crippen molar-refractivity contribution < 1.29 is 17.6 Å². The van der Waals surface area contributed by atoms with Gasteiger partial charge in [0, 0.05) is 16.3 Å². The maximum Gasteiger partial charge on any atom is 0.179 e. The van der Waals surface area contributed by atoms with Gasteiger partial charge >= 0.3 is 0 Å². The molecule has 0 unspecified atom stereocenters. The molecule has 0 aliphatic heterocycles. The number of hydrogen-bond donors (Lipinski definition) is 0. The first-order chi connectivity index (χ1) is 6.73. The molecule has 0 saturated heterocycles. The highest BCUT2D eigenvalue weighted by molar-refractivity contribution is 9.10. The van der Waals surface area contributed by atoms with Gasteiger partial charge < -0.3 is 0 Å². The molecule has 0 aliphatic rings. The molecule has 6 heteroatoms. The van der Waals surface area contributed by atoms with Crippen LogP contribution in [0.4, 0.5) is 4.39 Å². The maximum atomic E-state index is 13.4. The van der Waals surface area contributed by atoms with Crippen molar-refractivity contribution in [3.05, 3.63) is 28.0 Å². The highest BCUT2D eigenvalue weighted by Crippen LogP contribution is 2.26. The minimum Gasteiger partial charge on any atom is -0.295 e. The summed E-state index contributed by atoms with van der Waals surface area (Å²) in [5.74, 6) is -1.24. The number of ketones is 1. The zero-order valence-corrected chi connectivity index (χ0v) is 10.4. The molecule has 0 bridgehead atoms. The largest absolute Gasteiger partial charge is 0.295 e. The van der Waals surface area contributed by atoms with E-state index in [0.717, 1.165) is 12.3 Å². The van der Waals surface area contributed by atoms with Crippen LogP contribution < -0.4 is 0 Å². The fourth-order valence-corrected chi connectivity index (χ4v) is 3.26. The van der Waals surface area contributed by atoms with Gasteiger partial charge in [0.25, 0.3) is 0 Å². The Labute approximate surface area is 95.3 Å². The minimum atomic E-state index is -3.64. The second-order valence-corrected chi connectivity index (χ2v) is 5.90. The van der Waals surface area contributed by atoms with Crippen molar-refractivity contribution in [1.82, 2.24) is 0 Å². The summed E-state index contributed by atoms with van der Waals surface area (Å²) >= 11 is 2.93. The molecule has 15 heavy (non-hydrogen) atoms. The van der Waals surface area contributed by atoms with Crippen molar-refractivity contribution in [1.29, 1.82) is 0 Å². The maximum absolute atomic E-state index is 13.4. The highest BCUT2D eigenvalue weighted by atomic mass is 79.9. The Bertz CT molecular complexity index is 499. The van der Waals surface area contributed by atoms with Gasteiger partial charge in [-0.05, 0) is 35.0 Å². The molecule has 1 aromatic rings. The Balaban J connectivity index is 3.55. The van der Waals surface area contributed by atoms with Gasteiger partial charge in [-0.3, -0.25) is 4.79 Å². The van der Waals surface area contributed by atoms with Gasteiger partial charge in [0.15, 0.2) is 15.6 Å². The van der Waals surface area contributed by atoms with Crippen LogP contribution in [0, 0.1) is 5.82 Å². The molecule has 0 fully saturated rings. The van der Waals surface area contributed by atoms with Gasteiger partial charge in [0.1, 0.15) is 10.7 Å². The average molecular weight is 295 g/mol. The zero-order valence-electron chi connectivity index (χ0n) is 8.04. The number of hydrogen-bond acceptors (Lipinski definition) is 3. The van der Waals surface area contributed by atoms with Crippen LogP contribution in [-0.4, -0.2) is 20.5 Å². The molecule has 0 spiro atoms.